The summed E-state index contributed by atoms with van der Waals surface area (Å²) in [5.74, 6) is -1.64. The van der Waals surface area contributed by atoms with Crippen molar-refractivity contribution in [1.29, 1.82) is 0 Å². The Hall–Kier alpha value is -2.41. The van der Waals surface area contributed by atoms with Crippen molar-refractivity contribution in [2.24, 2.45) is 11.8 Å². The number of benzene rings is 1. The maximum absolute atomic E-state index is 12.2. The van der Waals surface area contributed by atoms with Crippen LogP contribution in [0.5, 0.6) is 0 Å². The highest BCUT2D eigenvalue weighted by Gasteiger charge is 2.30. The number of aliphatic carboxylic acids is 1. The summed E-state index contributed by atoms with van der Waals surface area (Å²) in [6.07, 6.45) is 3.15. The van der Waals surface area contributed by atoms with Crippen LogP contribution < -0.4 is 5.32 Å². The van der Waals surface area contributed by atoms with Gasteiger partial charge in [-0.2, -0.15) is 5.10 Å². The van der Waals surface area contributed by atoms with Crippen molar-refractivity contribution in [3.05, 3.63) is 30.5 Å². The fourth-order valence-corrected chi connectivity index (χ4v) is 3.14. The standard InChI is InChI=1S/C17H21N3O4/c21-16(11-20-15-4-2-1-3-13(15)9-19-20)18-10-14(17(22)23)12-5-7-24-8-6-12/h1-4,9,12,14H,5-8,10-11H2,(H,18,21)(H,22,23). The van der Waals surface area contributed by atoms with Gasteiger partial charge in [-0.15, -0.1) is 0 Å². The van der Waals surface area contributed by atoms with Gasteiger partial charge < -0.3 is 15.2 Å². The lowest BCUT2D eigenvalue weighted by atomic mass is 9.86. The summed E-state index contributed by atoms with van der Waals surface area (Å²) >= 11 is 0. The normalized spacial score (nSPS) is 16.8. The maximum atomic E-state index is 12.2. The molecule has 1 aliphatic rings. The number of fused-ring (bicyclic) bond motifs is 1. The van der Waals surface area contributed by atoms with E-state index in [0.717, 1.165) is 23.7 Å². The first-order valence-corrected chi connectivity index (χ1v) is 8.13. The molecule has 1 aliphatic heterocycles. The molecule has 128 valence electrons. The number of carbonyl (C=O) groups excluding carboxylic acids is 1. The molecule has 0 aliphatic carbocycles. The molecule has 0 bridgehead atoms. The highest BCUT2D eigenvalue weighted by Crippen LogP contribution is 2.23. The second-order valence-electron chi connectivity index (χ2n) is 6.06. The van der Waals surface area contributed by atoms with E-state index in [-0.39, 0.29) is 24.9 Å². The van der Waals surface area contributed by atoms with Gasteiger partial charge in [0.2, 0.25) is 5.91 Å². The van der Waals surface area contributed by atoms with Crippen molar-refractivity contribution < 1.29 is 19.4 Å². The zero-order valence-corrected chi connectivity index (χ0v) is 13.4. The Labute approximate surface area is 139 Å². The summed E-state index contributed by atoms with van der Waals surface area (Å²) in [4.78, 5) is 23.7. The third-order valence-electron chi connectivity index (χ3n) is 4.52. The lowest BCUT2D eigenvalue weighted by Crippen LogP contribution is -2.40. The number of nitrogens with one attached hydrogen (secondary N) is 1. The van der Waals surface area contributed by atoms with Crippen LogP contribution in [0.15, 0.2) is 30.5 Å². The summed E-state index contributed by atoms with van der Waals surface area (Å²) in [5, 5.41) is 17.3. The number of hydrogen-bond donors (Lipinski definition) is 2. The van der Waals surface area contributed by atoms with Crippen LogP contribution in [0.4, 0.5) is 0 Å². The molecule has 24 heavy (non-hydrogen) atoms. The Morgan fingerprint density at radius 1 is 1.33 bits per heavy atom. The number of amides is 1. The lowest BCUT2D eigenvalue weighted by molar-refractivity contribution is -0.145. The van der Waals surface area contributed by atoms with Crippen LogP contribution in [-0.2, 0) is 20.9 Å². The average Bonchev–Trinajstić information content (AvgIpc) is 2.99. The number of aromatic nitrogens is 2. The van der Waals surface area contributed by atoms with Crippen molar-refractivity contribution in [3.63, 3.8) is 0 Å². The summed E-state index contributed by atoms with van der Waals surface area (Å²) in [5.41, 5.74) is 0.881. The molecule has 0 saturated carbocycles. The largest absolute Gasteiger partial charge is 0.481 e. The molecular weight excluding hydrogens is 310 g/mol. The zero-order valence-electron chi connectivity index (χ0n) is 13.4. The fraction of sp³-hybridized carbons (Fsp3) is 0.471. The van der Waals surface area contributed by atoms with E-state index in [0.29, 0.717) is 13.2 Å². The molecule has 0 radical (unpaired) electrons. The summed E-state index contributed by atoms with van der Waals surface area (Å²) < 4.78 is 6.89. The van der Waals surface area contributed by atoms with Crippen LogP contribution in [0.3, 0.4) is 0 Å². The van der Waals surface area contributed by atoms with Crippen molar-refractivity contribution in [2.75, 3.05) is 19.8 Å². The van der Waals surface area contributed by atoms with Gasteiger partial charge in [-0.1, -0.05) is 18.2 Å². The van der Waals surface area contributed by atoms with Crippen LogP contribution in [0.2, 0.25) is 0 Å². The van der Waals surface area contributed by atoms with Gasteiger partial charge in [-0.05, 0) is 24.8 Å². The molecule has 0 spiro atoms. The molecule has 1 unspecified atom stereocenters. The van der Waals surface area contributed by atoms with Gasteiger partial charge >= 0.3 is 5.97 Å². The molecule has 1 aromatic heterocycles. The number of ether oxygens (including phenoxy) is 1. The first kappa shape index (κ1) is 16.4. The highest BCUT2D eigenvalue weighted by atomic mass is 16.5. The molecule has 7 heteroatoms. The van der Waals surface area contributed by atoms with Crippen LogP contribution >= 0.6 is 0 Å². The Morgan fingerprint density at radius 2 is 2.08 bits per heavy atom. The topological polar surface area (TPSA) is 93.5 Å². The number of carboxylic acids is 1. The number of para-hydroxylation sites is 1. The molecule has 2 aromatic rings. The van der Waals surface area contributed by atoms with Crippen LogP contribution in [0.1, 0.15) is 12.8 Å². The van der Waals surface area contributed by atoms with E-state index in [4.69, 9.17) is 4.74 Å². The average molecular weight is 331 g/mol. The molecule has 7 nitrogen and oxygen atoms in total. The quantitative estimate of drug-likeness (QED) is 0.832. The van der Waals surface area contributed by atoms with Gasteiger partial charge in [0.05, 0.1) is 17.6 Å². The number of hydrogen-bond acceptors (Lipinski definition) is 4. The van der Waals surface area contributed by atoms with Gasteiger partial charge in [0.15, 0.2) is 0 Å². The van der Waals surface area contributed by atoms with Crippen molar-refractivity contribution in [3.8, 4) is 0 Å². The van der Waals surface area contributed by atoms with Crippen LogP contribution in [-0.4, -0.2) is 46.5 Å². The molecule has 1 amide bonds. The van der Waals surface area contributed by atoms with E-state index in [2.05, 4.69) is 10.4 Å². The van der Waals surface area contributed by atoms with E-state index < -0.39 is 11.9 Å². The Kier molecular flexibility index (Phi) is 5.10. The third-order valence-corrected chi connectivity index (χ3v) is 4.52. The first-order chi connectivity index (χ1) is 11.6. The van der Waals surface area contributed by atoms with E-state index in [1.54, 1.807) is 10.9 Å². The molecule has 1 fully saturated rings. The van der Waals surface area contributed by atoms with Gasteiger partial charge in [0.1, 0.15) is 6.54 Å². The van der Waals surface area contributed by atoms with Gasteiger partial charge in [-0.3, -0.25) is 14.3 Å². The molecule has 2 N–H and O–H groups in total. The van der Waals surface area contributed by atoms with Crippen molar-refractivity contribution in [2.45, 2.75) is 19.4 Å². The Balaban J connectivity index is 1.58. The van der Waals surface area contributed by atoms with Gasteiger partial charge in [0.25, 0.3) is 0 Å². The maximum Gasteiger partial charge on any atom is 0.308 e. The molecule has 1 aromatic carbocycles. The second-order valence-corrected chi connectivity index (χ2v) is 6.06. The van der Waals surface area contributed by atoms with E-state index in [1.807, 2.05) is 24.3 Å². The first-order valence-electron chi connectivity index (χ1n) is 8.13. The van der Waals surface area contributed by atoms with E-state index >= 15 is 0 Å². The zero-order chi connectivity index (χ0) is 16.9. The molecule has 1 saturated heterocycles. The Bertz CT molecular complexity index is 721. The van der Waals surface area contributed by atoms with Gasteiger partial charge in [0, 0.05) is 25.1 Å². The van der Waals surface area contributed by atoms with Crippen molar-refractivity contribution >= 4 is 22.8 Å². The monoisotopic (exact) mass is 331 g/mol. The minimum atomic E-state index is -0.869. The molecule has 3 rings (SSSR count). The summed E-state index contributed by atoms with van der Waals surface area (Å²) in [6, 6.07) is 7.64. The minimum absolute atomic E-state index is 0.0436. The lowest BCUT2D eigenvalue weighted by Gasteiger charge is -2.27. The number of rotatable bonds is 6. The smallest absolute Gasteiger partial charge is 0.308 e. The summed E-state index contributed by atoms with van der Waals surface area (Å²) in [7, 11) is 0. The van der Waals surface area contributed by atoms with Crippen LogP contribution in [0, 0.1) is 11.8 Å². The van der Waals surface area contributed by atoms with E-state index in [9.17, 15) is 14.7 Å². The minimum Gasteiger partial charge on any atom is -0.481 e. The summed E-state index contributed by atoms with van der Waals surface area (Å²) in [6.45, 7) is 1.38. The molecule has 2 heterocycles. The third kappa shape index (κ3) is 3.73. The molecule has 1 atom stereocenters. The van der Waals surface area contributed by atoms with Crippen molar-refractivity contribution in [1.82, 2.24) is 15.1 Å². The highest BCUT2D eigenvalue weighted by molar-refractivity contribution is 5.82. The van der Waals surface area contributed by atoms with Gasteiger partial charge in [-0.25, -0.2) is 0 Å². The SMILES string of the molecule is O=C(Cn1ncc2ccccc21)NCC(C(=O)O)C1CCOCC1. The predicted molar refractivity (Wildman–Crippen MR) is 87.4 cm³/mol. The Morgan fingerprint density at radius 3 is 2.83 bits per heavy atom. The predicted octanol–water partition coefficient (Wildman–Crippen LogP) is 1.28. The van der Waals surface area contributed by atoms with E-state index in [1.165, 1.54) is 0 Å². The second kappa shape index (κ2) is 7.44. The number of carbonyl (C=O) groups is 2. The fourth-order valence-electron chi connectivity index (χ4n) is 3.14. The molecular formula is C17H21N3O4. The number of carboxylic acid groups (broad SMARTS) is 1. The van der Waals surface area contributed by atoms with Crippen LogP contribution in [0.25, 0.3) is 10.9 Å². The number of nitrogens with zero attached hydrogens (tertiary/aromatic N) is 2.